The van der Waals surface area contributed by atoms with E-state index in [0.717, 1.165) is 0 Å². The second-order valence-electron chi connectivity index (χ2n) is 2.38. The fourth-order valence-electron chi connectivity index (χ4n) is 0.946. The number of benzene rings is 1. The van der Waals surface area contributed by atoms with E-state index in [9.17, 15) is 9.18 Å². The third-order valence-corrected chi connectivity index (χ3v) is 1.90. The van der Waals surface area contributed by atoms with Crippen molar-refractivity contribution in [2.75, 3.05) is 0 Å². The van der Waals surface area contributed by atoms with E-state index in [4.69, 9.17) is 16.9 Å². The van der Waals surface area contributed by atoms with Crippen molar-refractivity contribution in [2.45, 2.75) is 6.42 Å². The lowest BCUT2D eigenvalue weighted by Gasteiger charge is -2.01. The number of hydrogen-bond acceptors (Lipinski definition) is 2. The summed E-state index contributed by atoms with van der Waals surface area (Å²) >= 11 is 5.55. The Bertz CT molecular complexity index is 384. The van der Waals surface area contributed by atoms with Crippen LogP contribution < -0.4 is 0 Å². The molecule has 0 radical (unpaired) electrons. The highest BCUT2D eigenvalue weighted by molar-refractivity contribution is 6.31. The Balaban J connectivity index is 3.29. The average Bonchev–Trinajstić information content (AvgIpc) is 2.11. The molecule has 0 spiro atoms. The summed E-state index contributed by atoms with van der Waals surface area (Å²) in [6, 6.07) is 4.44. The summed E-state index contributed by atoms with van der Waals surface area (Å²) in [5.74, 6) is -0.706. The van der Waals surface area contributed by atoms with Gasteiger partial charge in [-0.1, -0.05) is 17.7 Å². The predicted octanol–water partition coefficient (Wildman–Crippen LogP) is 2.09. The maximum absolute atomic E-state index is 13.3. The number of hydrogen-bond donors (Lipinski definition) is 0. The van der Waals surface area contributed by atoms with Crippen LogP contribution in [0.1, 0.15) is 11.1 Å². The number of nitriles is 1. The molecule has 0 bridgehead atoms. The van der Waals surface area contributed by atoms with Crippen LogP contribution in [0.3, 0.4) is 0 Å². The summed E-state index contributed by atoms with van der Waals surface area (Å²) in [4.78, 5) is 10.1. The van der Waals surface area contributed by atoms with Gasteiger partial charge in [0, 0.05) is 6.42 Å². The molecule has 0 saturated carbocycles. The summed E-state index contributed by atoms with van der Waals surface area (Å²) in [6.45, 7) is 0. The maximum Gasteiger partial charge on any atom is 0.146 e. The van der Waals surface area contributed by atoms with E-state index >= 15 is 0 Å². The topological polar surface area (TPSA) is 40.9 Å². The molecule has 2 nitrogen and oxygen atoms in total. The SMILES string of the molecule is N#Cc1c(Cl)ccc(CC=O)c1F. The molecule has 13 heavy (non-hydrogen) atoms. The summed E-state index contributed by atoms with van der Waals surface area (Å²) in [5, 5.41) is 8.59. The van der Waals surface area contributed by atoms with Crippen LogP contribution in [0.5, 0.6) is 0 Å². The predicted molar refractivity (Wildman–Crippen MR) is 45.9 cm³/mol. The fraction of sp³-hybridized carbons (Fsp3) is 0.111. The molecule has 66 valence electrons. The molecule has 1 aromatic rings. The highest BCUT2D eigenvalue weighted by Crippen LogP contribution is 2.21. The summed E-state index contributed by atoms with van der Waals surface area (Å²) in [7, 11) is 0. The van der Waals surface area contributed by atoms with Crippen molar-refractivity contribution in [3.63, 3.8) is 0 Å². The summed E-state index contributed by atoms with van der Waals surface area (Å²) in [5.41, 5.74) is -0.0167. The van der Waals surface area contributed by atoms with Gasteiger partial charge < -0.3 is 4.79 Å². The molecule has 0 aliphatic heterocycles. The Morgan fingerprint density at radius 3 is 2.85 bits per heavy atom. The van der Waals surface area contributed by atoms with Crippen molar-refractivity contribution in [3.8, 4) is 6.07 Å². The molecule has 0 saturated heterocycles. The van der Waals surface area contributed by atoms with Crippen molar-refractivity contribution < 1.29 is 9.18 Å². The van der Waals surface area contributed by atoms with E-state index in [1.54, 1.807) is 6.07 Å². The second kappa shape index (κ2) is 4.01. The molecule has 0 atom stereocenters. The van der Waals surface area contributed by atoms with E-state index in [-0.39, 0.29) is 22.6 Å². The average molecular weight is 198 g/mol. The van der Waals surface area contributed by atoms with Crippen molar-refractivity contribution >= 4 is 17.9 Å². The van der Waals surface area contributed by atoms with Gasteiger partial charge in [0.2, 0.25) is 0 Å². The standard InChI is InChI=1S/C9H5ClFNO/c10-8-2-1-6(3-4-13)9(11)7(8)5-12/h1-2,4H,3H2. The number of nitrogens with zero attached hydrogens (tertiary/aromatic N) is 1. The quantitative estimate of drug-likeness (QED) is 0.682. The molecule has 4 heteroatoms. The van der Waals surface area contributed by atoms with Crippen molar-refractivity contribution in [1.29, 1.82) is 5.26 Å². The Kier molecular flexibility index (Phi) is 2.99. The van der Waals surface area contributed by atoms with Gasteiger partial charge >= 0.3 is 0 Å². The second-order valence-corrected chi connectivity index (χ2v) is 2.79. The minimum absolute atomic E-state index is 0.0440. The molecule has 0 unspecified atom stereocenters. The molecule has 0 aromatic heterocycles. The molecule has 0 fully saturated rings. The number of halogens is 2. The first-order valence-electron chi connectivity index (χ1n) is 3.51. The monoisotopic (exact) mass is 197 g/mol. The van der Waals surface area contributed by atoms with Crippen LogP contribution in [0, 0.1) is 17.1 Å². The first-order valence-corrected chi connectivity index (χ1v) is 3.89. The first kappa shape index (κ1) is 9.69. The van der Waals surface area contributed by atoms with Gasteiger partial charge in [-0.2, -0.15) is 5.26 Å². The highest BCUT2D eigenvalue weighted by atomic mass is 35.5. The minimum Gasteiger partial charge on any atom is -0.303 e. The molecular weight excluding hydrogens is 193 g/mol. The van der Waals surface area contributed by atoms with Gasteiger partial charge in [0.1, 0.15) is 23.7 Å². The van der Waals surface area contributed by atoms with Crippen LogP contribution in [0.25, 0.3) is 0 Å². The number of carbonyl (C=O) groups is 1. The molecule has 0 heterocycles. The Hall–Kier alpha value is -1.40. The van der Waals surface area contributed by atoms with E-state index < -0.39 is 5.82 Å². The Morgan fingerprint density at radius 1 is 1.62 bits per heavy atom. The van der Waals surface area contributed by atoms with Crippen LogP contribution in [0.4, 0.5) is 4.39 Å². The van der Waals surface area contributed by atoms with Gasteiger partial charge in [-0.15, -0.1) is 0 Å². The van der Waals surface area contributed by atoms with Crippen molar-refractivity contribution in [3.05, 3.63) is 34.1 Å². The smallest absolute Gasteiger partial charge is 0.146 e. The van der Waals surface area contributed by atoms with Crippen LogP contribution >= 0.6 is 11.6 Å². The zero-order chi connectivity index (χ0) is 9.84. The maximum atomic E-state index is 13.3. The van der Waals surface area contributed by atoms with Crippen LogP contribution in [-0.4, -0.2) is 6.29 Å². The van der Waals surface area contributed by atoms with Gasteiger partial charge in [-0.3, -0.25) is 0 Å². The molecule has 0 amide bonds. The van der Waals surface area contributed by atoms with Crippen LogP contribution in [0.2, 0.25) is 5.02 Å². The zero-order valence-corrected chi connectivity index (χ0v) is 7.31. The lowest BCUT2D eigenvalue weighted by atomic mass is 10.1. The molecule has 0 N–H and O–H groups in total. The summed E-state index contributed by atoms with van der Waals surface area (Å²) in [6.07, 6.45) is 0.533. The van der Waals surface area contributed by atoms with E-state index in [2.05, 4.69) is 0 Å². The first-order chi connectivity index (χ1) is 6.20. The lowest BCUT2D eigenvalue weighted by molar-refractivity contribution is -0.107. The van der Waals surface area contributed by atoms with Crippen LogP contribution in [0.15, 0.2) is 12.1 Å². The van der Waals surface area contributed by atoms with Gasteiger partial charge in [0.15, 0.2) is 0 Å². The number of aldehydes is 1. The van der Waals surface area contributed by atoms with E-state index in [1.807, 2.05) is 0 Å². The largest absolute Gasteiger partial charge is 0.303 e. The fourth-order valence-corrected chi connectivity index (χ4v) is 1.13. The molecule has 1 aromatic carbocycles. The highest BCUT2D eigenvalue weighted by Gasteiger charge is 2.10. The van der Waals surface area contributed by atoms with Gasteiger partial charge in [-0.25, -0.2) is 4.39 Å². The van der Waals surface area contributed by atoms with Gasteiger partial charge in [0.25, 0.3) is 0 Å². The van der Waals surface area contributed by atoms with E-state index in [0.29, 0.717) is 6.29 Å². The van der Waals surface area contributed by atoms with E-state index in [1.165, 1.54) is 12.1 Å². The zero-order valence-electron chi connectivity index (χ0n) is 6.55. The normalized spacial score (nSPS) is 9.31. The molecule has 0 aliphatic carbocycles. The number of carbonyl (C=O) groups excluding carboxylic acids is 1. The summed E-state index contributed by atoms with van der Waals surface area (Å²) < 4.78 is 13.3. The Morgan fingerprint density at radius 2 is 2.31 bits per heavy atom. The van der Waals surface area contributed by atoms with Crippen molar-refractivity contribution in [2.24, 2.45) is 0 Å². The third-order valence-electron chi connectivity index (χ3n) is 1.59. The third kappa shape index (κ3) is 1.85. The molecule has 1 rings (SSSR count). The minimum atomic E-state index is -0.706. The molecular formula is C9H5ClFNO. The lowest BCUT2D eigenvalue weighted by Crippen LogP contribution is -1.95. The Labute approximate surface area is 79.5 Å². The van der Waals surface area contributed by atoms with Gasteiger partial charge in [-0.05, 0) is 11.6 Å². The number of rotatable bonds is 2. The van der Waals surface area contributed by atoms with Gasteiger partial charge in [0.05, 0.1) is 5.02 Å². The molecule has 0 aliphatic rings. The van der Waals surface area contributed by atoms with Crippen molar-refractivity contribution in [1.82, 2.24) is 0 Å². The van der Waals surface area contributed by atoms with Crippen LogP contribution in [-0.2, 0) is 11.2 Å².